The molecule has 0 unspecified atom stereocenters. The van der Waals surface area contributed by atoms with Crippen LogP contribution in [-0.2, 0) is 9.53 Å². The Morgan fingerprint density at radius 3 is 2.81 bits per heavy atom. The predicted octanol–water partition coefficient (Wildman–Crippen LogP) is 1.92. The topological polar surface area (TPSA) is 112 Å². The van der Waals surface area contributed by atoms with Gasteiger partial charge < -0.3 is 30.2 Å². The number of aromatic nitrogens is 2. The number of ether oxygens (including phenoxy) is 3. The summed E-state index contributed by atoms with van der Waals surface area (Å²) in [6, 6.07) is 5.54. The van der Waals surface area contributed by atoms with E-state index in [4.69, 9.17) is 19.9 Å². The lowest BCUT2D eigenvalue weighted by Gasteiger charge is -2.32. The number of benzene rings is 1. The van der Waals surface area contributed by atoms with Crippen LogP contribution in [-0.4, -0.2) is 42.9 Å². The first-order valence-electron chi connectivity index (χ1n) is 8.75. The molecule has 142 valence electrons. The fraction of sp³-hybridized carbons (Fsp3) is 0.389. The summed E-state index contributed by atoms with van der Waals surface area (Å²) in [4.78, 5) is 22.4. The minimum atomic E-state index is -0.157. The molecule has 1 fully saturated rings. The Morgan fingerprint density at radius 2 is 2.04 bits per heavy atom. The normalized spacial score (nSPS) is 16.3. The van der Waals surface area contributed by atoms with Crippen molar-refractivity contribution < 1.29 is 19.0 Å². The minimum absolute atomic E-state index is 0.0689. The molecule has 0 radical (unpaired) electrons. The summed E-state index contributed by atoms with van der Waals surface area (Å²) in [5, 5.41) is 3.21. The number of rotatable bonds is 4. The number of nitrogens with zero attached hydrogens (tertiary/aromatic N) is 3. The van der Waals surface area contributed by atoms with E-state index in [0.29, 0.717) is 54.8 Å². The molecular weight excluding hydrogens is 350 g/mol. The number of anilines is 4. The average molecular weight is 371 g/mol. The van der Waals surface area contributed by atoms with Gasteiger partial charge in [-0.05, 0) is 25.0 Å². The standard InChI is InChI=1S/C18H21N5O4/c1-25-18(24)11-4-6-23(7-5-11)17-15(19)16(20-9-21-17)22-12-2-3-13-14(8-12)27-10-26-13/h2-3,8-9,11H,4-7,10,19H2,1H3,(H,20,21,22). The largest absolute Gasteiger partial charge is 0.469 e. The van der Waals surface area contributed by atoms with Crippen molar-refractivity contribution in [1.82, 2.24) is 9.97 Å². The van der Waals surface area contributed by atoms with Crippen molar-refractivity contribution in [1.29, 1.82) is 0 Å². The number of hydrogen-bond donors (Lipinski definition) is 2. The summed E-state index contributed by atoms with van der Waals surface area (Å²) < 4.78 is 15.5. The monoisotopic (exact) mass is 371 g/mol. The Bertz CT molecular complexity index is 852. The number of nitrogens with one attached hydrogen (secondary N) is 1. The fourth-order valence-corrected chi connectivity index (χ4v) is 3.34. The molecule has 27 heavy (non-hydrogen) atoms. The number of carbonyl (C=O) groups is 1. The highest BCUT2D eigenvalue weighted by Gasteiger charge is 2.27. The highest BCUT2D eigenvalue weighted by molar-refractivity contribution is 5.79. The number of fused-ring (bicyclic) bond motifs is 1. The smallest absolute Gasteiger partial charge is 0.308 e. The Kier molecular flexibility index (Phi) is 4.57. The number of piperidine rings is 1. The van der Waals surface area contributed by atoms with E-state index in [2.05, 4.69) is 20.2 Å². The van der Waals surface area contributed by atoms with E-state index in [1.807, 2.05) is 18.2 Å². The van der Waals surface area contributed by atoms with E-state index < -0.39 is 0 Å². The molecule has 4 rings (SSSR count). The van der Waals surface area contributed by atoms with Crippen molar-refractivity contribution in [3.8, 4) is 11.5 Å². The van der Waals surface area contributed by atoms with Crippen molar-refractivity contribution in [2.45, 2.75) is 12.8 Å². The Labute approximate surface area is 156 Å². The van der Waals surface area contributed by atoms with Gasteiger partial charge in [0, 0.05) is 24.8 Å². The molecule has 0 saturated carbocycles. The van der Waals surface area contributed by atoms with Gasteiger partial charge in [0.15, 0.2) is 23.1 Å². The first-order chi connectivity index (χ1) is 13.2. The summed E-state index contributed by atoms with van der Waals surface area (Å²) in [7, 11) is 1.42. The molecule has 9 nitrogen and oxygen atoms in total. The maximum absolute atomic E-state index is 11.7. The van der Waals surface area contributed by atoms with Gasteiger partial charge >= 0.3 is 5.97 Å². The van der Waals surface area contributed by atoms with Crippen molar-refractivity contribution in [3.05, 3.63) is 24.5 Å². The first-order valence-corrected chi connectivity index (χ1v) is 8.75. The lowest BCUT2D eigenvalue weighted by Crippen LogP contribution is -2.37. The van der Waals surface area contributed by atoms with Crippen molar-refractivity contribution in [3.63, 3.8) is 0 Å². The molecule has 0 aliphatic carbocycles. The molecule has 2 aromatic rings. The van der Waals surface area contributed by atoms with Crippen LogP contribution in [0.1, 0.15) is 12.8 Å². The molecule has 9 heteroatoms. The van der Waals surface area contributed by atoms with E-state index in [-0.39, 0.29) is 18.7 Å². The highest BCUT2D eigenvalue weighted by atomic mass is 16.7. The molecule has 2 aliphatic rings. The van der Waals surface area contributed by atoms with Crippen LogP contribution >= 0.6 is 0 Å². The van der Waals surface area contributed by atoms with Crippen LogP contribution in [0.5, 0.6) is 11.5 Å². The predicted molar refractivity (Wildman–Crippen MR) is 99.2 cm³/mol. The van der Waals surface area contributed by atoms with Gasteiger partial charge in [0.2, 0.25) is 6.79 Å². The Balaban J connectivity index is 1.49. The average Bonchev–Trinajstić information content (AvgIpc) is 3.17. The van der Waals surface area contributed by atoms with Crippen LogP contribution in [0.2, 0.25) is 0 Å². The zero-order valence-electron chi connectivity index (χ0n) is 15.0. The van der Waals surface area contributed by atoms with E-state index in [9.17, 15) is 4.79 Å². The molecule has 2 aliphatic heterocycles. The van der Waals surface area contributed by atoms with Gasteiger partial charge in [0.1, 0.15) is 12.0 Å². The Hall–Kier alpha value is -3.23. The van der Waals surface area contributed by atoms with E-state index in [0.717, 1.165) is 5.69 Å². The third-order valence-corrected chi connectivity index (χ3v) is 4.83. The van der Waals surface area contributed by atoms with Gasteiger partial charge in [-0.15, -0.1) is 0 Å². The molecule has 1 aromatic carbocycles. The second-order valence-corrected chi connectivity index (χ2v) is 6.44. The van der Waals surface area contributed by atoms with Crippen molar-refractivity contribution in [2.75, 3.05) is 42.9 Å². The zero-order valence-corrected chi connectivity index (χ0v) is 15.0. The van der Waals surface area contributed by atoms with Crippen LogP contribution in [0.3, 0.4) is 0 Å². The number of nitrogens with two attached hydrogens (primary N) is 1. The number of esters is 1. The summed E-state index contributed by atoms with van der Waals surface area (Å²) in [6.45, 7) is 1.59. The molecule has 3 heterocycles. The van der Waals surface area contributed by atoms with Gasteiger partial charge in [0.25, 0.3) is 0 Å². The number of carbonyl (C=O) groups excluding carboxylic acids is 1. The second-order valence-electron chi connectivity index (χ2n) is 6.44. The molecule has 1 aromatic heterocycles. The van der Waals surface area contributed by atoms with Gasteiger partial charge in [-0.3, -0.25) is 4.79 Å². The summed E-state index contributed by atoms with van der Waals surface area (Å²) in [5.41, 5.74) is 7.57. The number of methoxy groups -OCH3 is 1. The van der Waals surface area contributed by atoms with E-state index in [1.165, 1.54) is 13.4 Å². The first kappa shape index (κ1) is 17.2. The summed E-state index contributed by atoms with van der Waals surface area (Å²) in [5.74, 6) is 2.35. The number of hydrogen-bond acceptors (Lipinski definition) is 9. The highest BCUT2D eigenvalue weighted by Crippen LogP contribution is 2.36. The molecule has 3 N–H and O–H groups in total. The molecule has 0 spiro atoms. The minimum Gasteiger partial charge on any atom is -0.469 e. The van der Waals surface area contributed by atoms with Gasteiger partial charge in [-0.2, -0.15) is 0 Å². The SMILES string of the molecule is COC(=O)C1CCN(c2ncnc(Nc3ccc4c(c3)OCO4)c2N)CC1. The van der Waals surface area contributed by atoms with Gasteiger partial charge in [-0.25, -0.2) is 9.97 Å². The lowest BCUT2D eigenvalue weighted by molar-refractivity contribution is -0.146. The van der Waals surface area contributed by atoms with Crippen LogP contribution in [0.4, 0.5) is 23.0 Å². The van der Waals surface area contributed by atoms with Crippen LogP contribution in [0, 0.1) is 5.92 Å². The lowest BCUT2D eigenvalue weighted by atomic mass is 9.97. The van der Waals surface area contributed by atoms with Gasteiger partial charge in [-0.1, -0.05) is 0 Å². The van der Waals surface area contributed by atoms with Crippen LogP contribution in [0.25, 0.3) is 0 Å². The van der Waals surface area contributed by atoms with Crippen molar-refractivity contribution >= 4 is 29.0 Å². The number of nitrogen functional groups attached to an aromatic ring is 1. The molecular formula is C18H21N5O4. The molecule has 0 bridgehead atoms. The third kappa shape index (κ3) is 3.40. The van der Waals surface area contributed by atoms with Crippen molar-refractivity contribution in [2.24, 2.45) is 5.92 Å². The molecule has 0 atom stereocenters. The van der Waals surface area contributed by atoms with Crippen LogP contribution in [0.15, 0.2) is 24.5 Å². The Morgan fingerprint density at radius 1 is 1.26 bits per heavy atom. The zero-order chi connectivity index (χ0) is 18.8. The molecule has 0 amide bonds. The van der Waals surface area contributed by atoms with E-state index in [1.54, 1.807) is 0 Å². The maximum atomic E-state index is 11.7. The quantitative estimate of drug-likeness (QED) is 0.778. The van der Waals surface area contributed by atoms with E-state index >= 15 is 0 Å². The fourth-order valence-electron chi connectivity index (χ4n) is 3.34. The summed E-state index contributed by atoms with van der Waals surface area (Å²) >= 11 is 0. The van der Waals surface area contributed by atoms with Gasteiger partial charge in [0.05, 0.1) is 13.0 Å². The third-order valence-electron chi connectivity index (χ3n) is 4.83. The van der Waals surface area contributed by atoms with Crippen LogP contribution < -0.4 is 25.4 Å². The maximum Gasteiger partial charge on any atom is 0.308 e. The summed E-state index contributed by atoms with van der Waals surface area (Å²) in [6.07, 6.45) is 2.90. The second kappa shape index (κ2) is 7.18. The molecule has 1 saturated heterocycles.